The van der Waals surface area contributed by atoms with Gasteiger partial charge in [0, 0.05) is 6.20 Å². The lowest BCUT2D eigenvalue weighted by Gasteiger charge is -2.04. The minimum absolute atomic E-state index is 0.156. The Bertz CT molecular complexity index is 688. The van der Waals surface area contributed by atoms with Crippen LogP contribution in [0.4, 0.5) is 5.69 Å². The molecule has 0 aliphatic rings. The molecule has 2 rings (SSSR count). The zero-order chi connectivity index (χ0) is 14.5. The topological polar surface area (TPSA) is 116 Å². The second-order valence-corrected chi connectivity index (χ2v) is 4.11. The van der Waals surface area contributed by atoms with Crippen LogP contribution in [0, 0.1) is 23.7 Å². The summed E-state index contributed by atoms with van der Waals surface area (Å²) in [7, 11) is 0. The Hall–Kier alpha value is -3.14. The number of aromatic nitrogens is 2. The highest BCUT2D eigenvalue weighted by Gasteiger charge is 2.01. The fraction of sp³-hybridized carbons (Fsp3) is 0.0769. The van der Waals surface area contributed by atoms with Gasteiger partial charge in [-0.1, -0.05) is 0 Å². The van der Waals surface area contributed by atoms with E-state index in [1.54, 1.807) is 29.1 Å². The number of nitrogens with zero attached hydrogens (tertiary/aromatic N) is 4. The summed E-state index contributed by atoms with van der Waals surface area (Å²) in [4.78, 5) is 0. The maximum absolute atomic E-state index is 8.72. The first-order chi connectivity index (χ1) is 9.60. The lowest BCUT2D eigenvalue weighted by atomic mass is 10.3. The van der Waals surface area contributed by atoms with Crippen LogP contribution in [0.1, 0.15) is 5.56 Å². The molecule has 0 radical (unpaired) electrons. The van der Waals surface area contributed by atoms with Gasteiger partial charge < -0.3 is 5.73 Å². The summed E-state index contributed by atoms with van der Waals surface area (Å²) >= 11 is 0. The van der Waals surface area contributed by atoms with Crippen molar-refractivity contribution in [3.8, 4) is 11.8 Å². The quantitative estimate of drug-likeness (QED) is 0.441. The van der Waals surface area contributed by atoms with E-state index in [0.29, 0.717) is 5.69 Å². The van der Waals surface area contributed by atoms with Crippen LogP contribution >= 0.6 is 0 Å². The number of nitriles is 1. The first kappa shape index (κ1) is 13.3. The standard InChI is InChI=1S/C13H13N7/c1-9-7-17-20(8-9)11-4-2-10(3-5-11)18-19-12(6-14)13(15)16/h2-5,7-8,18H,1H3,(H3,15,16)/b19-12+. The van der Waals surface area contributed by atoms with E-state index in [2.05, 4.69) is 15.6 Å². The van der Waals surface area contributed by atoms with Gasteiger partial charge in [-0.25, -0.2) is 4.68 Å². The third-order valence-corrected chi connectivity index (χ3v) is 2.50. The van der Waals surface area contributed by atoms with Crippen LogP contribution in [-0.4, -0.2) is 21.3 Å². The minimum atomic E-state index is -0.372. The molecule has 1 aromatic heterocycles. The predicted molar refractivity (Wildman–Crippen MR) is 76.9 cm³/mol. The monoisotopic (exact) mass is 267 g/mol. The number of rotatable bonds is 4. The van der Waals surface area contributed by atoms with Crippen LogP contribution < -0.4 is 11.2 Å². The molecule has 1 heterocycles. The Morgan fingerprint density at radius 1 is 1.45 bits per heavy atom. The molecule has 100 valence electrons. The van der Waals surface area contributed by atoms with E-state index in [1.807, 2.05) is 25.3 Å². The van der Waals surface area contributed by atoms with Crippen molar-refractivity contribution in [2.75, 3.05) is 5.43 Å². The van der Waals surface area contributed by atoms with E-state index in [1.165, 1.54) is 0 Å². The zero-order valence-corrected chi connectivity index (χ0v) is 10.8. The third-order valence-electron chi connectivity index (χ3n) is 2.50. The van der Waals surface area contributed by atoms with Gasteiger partial charge in [0.15, 0.2) is 5.84 Å². The van der Waals surface area contributed by atoms with Gasteiger partial charge in [0.1, 0.15) is 6.07 Å². The molecular formula is C13H13N7. The second-order valence-electron chi connectivity index (χ2n) is 4.11. The van der Waals surface area contributed by atoms with E-state index in [4.69, 9.17) is 16.4 Å². The summed E-state index contributed by atoms with van der Waals surface area (Å²) in [5.41, 5.74) is 10.4. The van der Waals surface area contributed by atoms with Crippen molar-refractivity contribution in [2.24, 2.45) is 10.8 Å². The molecular weight excluding hydrogens is 254 g/mol. The fourth-order valence-electron chi connectivity index (χ4n) is 1.51. The molecule has 20 heavy (non-hydrogen) atoms. The Morgan fingerprint density at radius 2 is 2.15 bits per heavy atom. The highest BCUT2D eigenvalue weighted by Crippen LogP contribution is 2.13. The van der Waals surface area contributed by atoms with Crippen LogP contribution in [0.5, 0.6) is 0 Å². The number of hydrazone groups is 1. The van der Waals surface area contributed by atoms with Crippen LogP contribution in [0.25, 0.3) is 5.69 Å². The van der Waals surface area contributed by atoms with E-state index < -0.39 is 0 Å². The molecule has 0 aliphatic heterocycles. The van der Waals surface area contributed by atoms with Gasteiger partial charge >= 0.3 is 0 Å². The largest absolute Gasteiger partial charge is 0.382 e. The van der Waals surface area contributed by atoms with Gasteiger partial charge in [0.2, 0.25) is 5.71 Å². The molecule has 0 fully saturated rings. The predicted octanol–water partition coefficient (Wildman–Crippen LogP) is 1.41. The van der Waals surface area contributed by atoms with E-state index >= 15 is 0 Å². The molecule has 7 nitrogen and oxygen atoms in total. The zero-order valence-electron chi connectivity index (χ0n) is 10.8. The summed E-state index contributed by atoms with van der Waals surface area (Å²) < 4.78 is 1.76. The SMILES string of the molecule is Cc1cnn(-c2ccc(N/N=C(\C#N)C(=N)N)cc2)c1. The molecule has 0 atom stereocenters. The number of nitrogens with one attached hydrogen (secondary N) is 2. The smallest absolute Gasteiger partial charge is 0.201 e. The van der Waals surface area contributed by atoms with Gasteiger partial charge in [0.25, 0.3) is 0 Å². The molecule has 0 unspecified atom stereocenters. The molecule has 2 aromatic rings. The first-order valence-electron chi connectivity index (χ1n) is 5.80. The third kappa shape index (κ3) is 3.00. The fourth-order valence-corrected chi connectivity index (χ4v) is 1.51. The molecule has 0 aliphatic carbocycles. The van der Waals surface area contributed by atoms with Crippen molar-refractivity contribution in [3.63, 3.8) is 0 Å². The maximum Gasteiger partial charge on any atom is 0.201 e. The molecule has 7 heteroatoms. The summed E-state index contributed by atoms with van der Waals surface area (Å²) in [5, 5.41) is 23.8. The van der Waals surface area contributed by atoms with Crippen molar-refractivity contribution in [1.82, 2.24) is 9.78 Å². The molecule has 0 amide bonds. The van der Waals surface area contributed by atoms with Crippen molar-refractivity contribution in [1.29, 1.82) is 10.7 Å². The molecule has 0 bridgehead atoms. The van der Waals surface area contributed by atoms with Crippen molar-refractivity contribution < 1.29 is 0 Å². The summed E-state index contributed by atoms with van der Waals surface area (Å²) in [6.45, 7) is 1.97. The van der Waals surface area contributed by atoms with Crippen LogP contribution in [-0.2, 0) is 0 Å². The Balaban J connectivity index is 2.13. The number of benzene rings is 1. The van der Waals surface area contributed by atoms with Gasteiger partial charge in [-0.05, 0) is 36.8 Å². The number of nitrogens with two attached hydrogens (primary N) is 1. The Labute approximate surface area is 115 Å². The van der Waals surface area contributed by atoms with Crippen molar-refractivity contribution in [3.05, 3.63) is 42.2 Å². The summed E-state index contributed by atoms with van der Waals surface area (Å²) in [6, 6.07) is 9.06. The number of hydrogen-bond donors (Lipinski definition) is 3. The Morgan fingerprint density at radius 3 is 2.65 bits per heavy atom. The minimum Gasteiger partial charge on any atom is -0.382 e. The molecule has 0 spiro atoms. The molecule has 4 N–H and O–H groups in total. The number of anilines is 1. The molecule has 1 aromatic carbocycles. The average molecular weight is 267 g/mol. The lowest BCUT2D eigenvalue weighted by Crippen LogP contribution is -2.21. The summed E-state index contributed by atoms with van der Waals surface area (Å²) in [5.74, 6) is -0.372. The van der Waals surface area contributed by atoms with Gasteiger partial charge in [-0.2, -0.15) is 15.5 Å². The molecule has 0 saturated carbocycles. The highest BCUT2D eigenvalue weighted by atomic mass is 15.3. The highest BCUT2D eigenvalue weighted by molar-refractivity contribution is 6.45. The van der Waals surface area contributed by atoms with Gasteiger partial charge in [-0.15, -0.1) is 0 Å². The lowest BCUT2D eigenvalue weighted by molar-refractivity contribution is 0.880. The first-order valence-corrected chi connectivity index (χ1v) is 5.80. The van der Waals surface area contributed by atoms with E-state index in [-0.39, 0.29) is 11.5 Å². The molecule has 0 saturated heterocycles. The van der Waals surface area contributed by atoms with Gasteiger partial charge in [0.05, 0.1) is 17.6 Å². The van der Waals surface area contributed by atoms with Crippen molar-refractivity contribution in [2.45, 2.75) is 6.92 Å². The maximum atomic E-state index is 8.72. The van der Waals surface area contributed by atoms with E-state index in [9.17, 15) is 0 Å². The number of aryl methyl sites for hydroxylation is 1. The normalized spacial score (nSPS) is 10.9. The Kier molecular flexibility index (Phi) is 3.77. The van der Waals surface area contributed by atoms with Crippen molar-refractivity contribution >= 4 is 17.2 Å². The van der Waals surface area contributed by atoms with Crippen LogP contribution in [0.3, 0.4) is 0 Å². The average Bonchev–Trinajstić information content (AvgIpc) is 2.86. The van der Waals surface area contributed by atoms with Gasteiger partial charge in [-0.3, -0.25) is 10.8 Å². The summed E-state index contributed by atoms with van der Waals surface area (Å²) in [6.07, 6.45) is 3.70. The van der Waals surface area contributed by atoms with E-state index in [0.717, 1.165) is 11.3 Å². The number of hydrogen-bond acceptors (Lipinski definition) is 5. The van der Waals surface area contributed by atoms with Crippen LogP contribution in [0.2, 0.25) is 0 Å². The second kappa shape index (κ2) is 5.67. The number of amidine groups is 1. The van der Waals surface area contributed by atoms with Crippen LogP contribution in [0.15, 0.2) is 41.8 Å².